The molecule has 7 heteroatoms. The molecule has 1 amide bonds. The molecule has 2 atom stereocenters. The lowest BCUT2D eigenvalue weighted by Crippen LogP contribution is -2.46. The fraction of sp³-hybridized carbons (Fsp3) is 0.690. The van der Waals surface area contributed by atoms with E-state index < -0.39 is 28.0 Å². The maximum atomic E-state index is 12.5. The van der Waals surface area contributed by atoms with Gasteiger partial charge in [-0.2, -0.15) is 8.42 Å². The molecule has 0 rings (SSSR count). The largest absolute Gasteiger partial charge is 0.387 e. The Morgan fingerprint density at radius 2 is 0.980 bits per heavy atom. The lowest BCUT2D eigenvalue weighted by molar-refractivity contribution is -0.122. The first-order valence-corrected chi connectivity index (χ1v) is 21.2. The fourth-order valence-corrected chi connectivity index (χ4v) is 6.22. The van der Waals surface area contributed by atoms with E-state index in [4.69, 9.17) is 0 Å². The molecule has 0 aromatic rings. The Morgan fingerprint density at radius 1 is 0.571 bits per heavy atom. The lowest BCUT2D eigenvalue weighted by Gasteiger charge is -2.21. The minimum absolute atomic E-state index is 0.214. The number of hydrogen-bond acceptors (Lipinski definition) is 4. The van der Waals surface area contributed by atoms with Crippen LogP contribution in [0, 0.1) is 0 Å². The number of amides is 1. The van der Waals surface area contributed by atoms with Gasteiger partial charge in [-0.3, -0.25) is 9.35 Å². The van der Waals surface area contributed by atoms with Gasteiger partial charge >= 0.3 is 0 Å². The highest BCUT2D eigenvalue weighted by atomic mass is 32.2. The van der Waals surface area contributed by atoms with Gasteiger partial charge in [0.15, 0.2) is 0 Å². The Labute approximate surface area is 302 Å². The van der Waals surface area contributed by atoms with Crippen LogP contribution in [0.3, 0.4) is 0 Å². The number of aliphatic hydroxyl groups excluding tert-OH is 1. The van der Waals surface area contributed by atoms with E-state index in [0.29, 0.717) is 6.42 Å². The molecule has 0 saturated carbocycles. The van der Waals surface area contributed by atoms with Crippen LogP contribution in [0.2, 0.25) is 0 Å². The molecule has 0 bridgehead atoms. The first-order chi connectivity index (χ1) is 23.8. The molecule has 2 unspecified atom stereocenters. The molecule has 282 valence electrons. The molecule has 6 nitrogen and oxygen atoms in total. The summed E-state index contributed by atoms with van der Waals surface area (Å²) in [5, 5.41) is 13.2. The Morgan fingerprint density at radius 3 is 1.43 bits per heavy atom. The molecule has 0 heterocycles. The van der Waals surface area contributed by atoms with Crippen molar-refractivity contribution in [3.8, 4) is 0 Å². The number of nitrogens with one attached hydrogen (secondary N) is 1. The van der Waals surface area contributed by atoms with Gasteiger partial charge in [0.2, 0.25) is 5.91 Å². The third-order valence-electron chi connectivity index (χ3n) is 8.39. The molecular formula is C42H73NO5S. The molecule has 0 aliphatic carbocycles. The van der Waals surface area contributed by atoms with Crippen molar-refractivity contribution < 1.29 is 22.9 Å². The van der Waals surface area contributed by atoms with E-state index in [1.165, 1.54) is 89.5 Å². The molecule has 0 saturated heterocycles. The van der Waals surface area contributed by atoms with E-state index in [1.807, 2.05) is 12.2 Å². The van der Waals surface area contributed by atoms with Gasteiger partial charge in [-0.25, -0.2) is 0 Å². The minimum atomic E-state index is -4.36. The smallest absolute Gasteiger partial charge is 0.267 e. The summed E-state index contributed by atoms with van der Waals surface area (Å²) in [6.07, 6.45) is 50.3. The molecule has 0 aromatic heterocycles. The normalized spacial score (nSPS) is 14.1. The summed E-state index contributed by atoms with van der Waals surface area (Å²) in [6, 6.07) is -1.09. The van der Waals surface area contributed by atoms with E-state index in [-0.39, 0.29) is 12.3 Å². The van der Waals surface area contributed by atoms with Crippen molar-refractivity contribution in [3.63, 3.8) is 0 Å². The van der Waals surface area contributed by atoms with Crippen LogP contribution < -0.4 is 5.32 Å². The van der Waals surface area contributed by atoms with Crippen molar-refractivity contribution in [2.45, 2.75) is 180 Å². The molecule has 0 aromatic carbocycles. The van der Waals surface area contributed by atoms with Crippen molar-refractivity contribution in [3.05, 3.63) is 72.9 Å². The number of carbonyl (C=O) groups excluding carboxylic acids is 1. The van der Waals surface area contributed by atoms with E-state index in [1.54, 1.807) is 0 Å². The zero-order valence-corrected chi connectivity index (χ0v) is 32.1. The predicted octanol–water partition coefficient (Wildman–Crippen LogP) is 11.5. The maximum absolute atomic E-state index is 12.5. The van der Waals surface area contributed by atoms with Gasteiger partial charge in [0.25, 0.3) is 10.1 Å². The summed E-state index contributed by atoms with van der Waals surface area (Å²) >= 11 is 0. The predicted molar refractivity (Wildman–Crippen MR) is 211 cm³/mol. The van der Waals surface area contributed by atoms with Crippen LogP contribution in [-0.2, 0) is 14.9 Å². The van der Waals surface area contributed by atoms with Crippen LogP contribution >= 0.6 is 0 Å². The summed E-state index contributed by atoms with van der Waals surface area (Å²) < 4.78 is 32.4. The van der Waals surface area contributed by atoms with Gasteiger partial charge in [-0.1, -0.05) is 177 Å². The summed E-state index contributed by atoms with van der Waals surface area (Å²) in [5.41, 5.74) is 0. The van der Waals surface area contributed by atoms with Gasteiger partial charge in [-0.05, 0) is 57.8 Å². The Kier molecular flexibility index (Phi) is 34.0. The quantitative estimate of drug-likeness (QED) is 0.0351. The van der Waals surface area contributed by atoms with Gasteiger partial charge in [0.1, 0.15) is 0 Å². The first-order valence-electron chi connectivity index (χ1n) is 19.6. The number of allylic oxidation sites excluding steroid dienone is 11. The highest BCUT2D eigenvalue weighted by molar-refractivity contribution is 7.85. The molecule has 0 aliphatic rings. The standard InChI is InChI=1S/C42H73NO5S/c1-3-5-7-9-11-13-15-17-19-21-23-25-27-29-31-33-35-37-41(44)40(39-49(46,47)48)43-42(45)38-36-34-32-30-28-26-24-22-20-18-16-14-12-10-8-6-4-2/h6,8,12,14,18,20,24,26,30,32,35,37,40-41,44H,3-5,7,9-11,13,15-17,19,21-23,25,27-29,31,33-34,36,38-39H2,1-2H3,(H,43,45)(H,46,47,48)/b8-6-,14-12-,20-18-,26-24-,32-30-,37-35+. The first kappa shape index (κ1) is 46.8. The van der Waals surface area contributed by atoms with E-state index >= 15 is 0 Å². The number of rotatable bonds is 34. The topological polar surface area (TPSA) is 104 Å². The van der Waals surface area contributed by atoms with Crippen LogP contribution in [-0.4, -0.2) is 41.9 Å². The van der Waals surface area contributed by atoms with Gasteiger partial charge < -0.3 is 10.4 Å². The van der Waals surface area contributed by atoms with Crippen LogP contribution in [0.1, 0.15) is 168 Å². The Hall–Kier alpha value is -2.22. The van der Waals surface area contributed by atoms with Crippen molar-refractivity contribution in [1.29, 1.82) is 0 Å². The zero-order chi connectivity index (χ0) is 36.1. The summed E-state index contributed by atoms with van der Waals surface area (Å²) in [7, 11) is -4.36. The number of aliphatic hydroxyl groups is 1. The van der Waals surface area contributed by atoms with Crippen LogP contribution in [0.5, 0.6) is 0 Å². The fourth-order valence-electron chi connectivity index (χ4n) is 5.48. The van der Waals surface area contributed by atoms with Gasteiger partial charge in [0.05, 0.1) is 17.9 Å². The van der Waals surface area contributed by atoms with Crippen molar-refractivity contribution in [1.82, 2.24) is 5.32 Å². The molecule has 3 N–H and O–H groups in total. The minimum Gasteiger partial charge on any atom is -0.387 e. The number of unbranched alkanes of at least 4 members (excludes halogenated alkanes) is 16. The maximum Gasteiger partial charge on any atom is 0.267 e. The van der Waals surface area contributed by atoms with E-state index in [0.717, 1.165) is 57.8 Å². The molecule has 0 spiro atoms. The number of hydrogen-bond donors (Lipinski definition) is 3. The van der Waals surface area contributed by atoms with E-state index in [9.17, 15) is 22.9 Å². The van der Waals surface area contributed by atoms with Crippen LogP contribution in [0.4, 0.5) is 0 Å². The second-order valence-electron chi connectivity index (χ2n) is 13.2. The monoisotopic (exact) mass is 704 g/mol. The van der Waals surface area contributed by atoms with Crippen molar-refractivity contribution in [2.24, 2.45) is 0 Å². The summed E-state index contributed by atoms with van der Waals surface area (Å²) in [4.78, 5) is 12.5. The molecule has 0 aliphatic heterocycles. The second-order valence-corrected chi connectivity index (χ2v) is 14.7. The van der Waals surface area contributed by atoms with Gasteiger partial charge in [-0.15, -0.1) is 0 Å². The second kappa shape index (κ2) is 35.6. The van der Waals surface area contributed by atoms with E-state index in [2.05, 4.69) is 73.8 Å². The molecule has 0 radical (unpaired) electrons. The molecule has 49 heavy (non-hydrogen) atoms. The Bertz CT molecular complexity index is 1040. The average molecular weight is 704 g/mol. The molecular weight excluding hydrogens is 631 g/mol. The third-order valence-corrected chi connectivity index (χ3v) is 9.17. The lowest BCUT2D eigenvalue weighted by atomic mass is 10.0. The Balaban J connectivity index is 4.08. The SMILES string of the molecule is CC/C=C\C/C=C\C/C=C\C/C=C\C/C=C\CCCC(=O)NC(CS(=O)(=O)O)C(O)/C=C/CCCCCCCCCCCCCCCCC. The highest BCUT2D eigenvalue weighted by Crippen LogP contribution is 2.14. The number of carbonyl (C=O) groups is 1. The van der Waals surface area contributed by atoms with Crippen molar-refractivity contribution in [2.75, 3.05) is 5.75 Å². The molecule has 0 fully saturated rings. The average Bonchev–Trinajstić information content (AvgIpc) is 3.06. The summed E-state index contributed by atoms with van der Waals surface area (Å²) in [6.45, 7) is 4.40. The van der Waals surface area contributed by atoms with Gasteiger partial charge in [0, 0.05) is 6.42 Å². The van der Waals surface area contributed by atoms with Crippen molar-refractivity contribution >= 4 is 16.0 Å². The highest BCUT2D eigenvalue weighted by Gasteiger charge is 2.24. The third kappa shape index (κ3) is 36.9. The zero-order valence-electron chi connectivity index (χ0n) is 31.3. The van der Waals surface area contributed by atoms with Crippen LogP contribution in [0.15, 0.2) is 72.9 Å². The summed E-state index contributed by atoms with van der Waals surface area (Å²) in [5.74, 6) is -1.06. The van der Waals surface area contributed by atoms with Crippen LogP contribution in [0.25, 0.3) is 0 Å².